The van der Waals surface area contributed by atoms with Gasteiger partial charge in [0.15, 0.2) is 11.4 Å². The Bertz CT molecular complexity index is 578. The lowest BCUT2D eigenvalue weighted by Gasteiger charge is -2.46. The third-order valence-electron chi connectivity index (χ3n) is 5.81. The van der Waals surface area contributed by atoms with Crippen molar-refractivity contribution in [2.45, 2.75) is 87.9 Å². The van der Waals surface area contributed by atoms with Gasteiger partial charge in [-0.3, -0.25) is 9.59 Å². The fourth-order valence-corrected chi connectivity index (χ4v) is 4.26. The Morgan fingerprint density at radius 3 is 2.73 bits per heavy atom. The molecule has 0 aromatic heterocycles. The molecule has 146 valence electrons. The van der Waals surface area contributed by atoms with Crippen LogP contribution in [-0.2, 0) is 14.3 Å². The van der Waals surface area contributed by atoms with Gasteiger partial charge < -0.3 is 25.4 Å². The lowest BCUT2D eigenvalue weighted by molar-refractivity contribution is -0.171. The second-order valence-electron chi connectivity index (χ2n) is 7.74. The number of fused-ring (bicyclic) bond motifs is 4. The van der Waals surface area contributed by atoms with Crippen LogP contribution in [0.15, 0.2) is 12.2 Å². The smallest absolute Gasteiger partial charge is 0.243 e. The normalized spacial score (nSPS) is 41.2. The van der Waals surface area contributed by atoms with Gasteiger partial charge in [-0.15, -0.1) is 0 Å². The van der Waals surface area contributed by atoms with Gasteiger partial charge in [0.1, 0.15) is 12.2 Å². The predicted octanol–water partition coefficient (Wildman–Crippen LogP) is 0.211. The van der Waals surface area contributed by atoms with Crippen LogP contribution in [0, 0.1) is 5.92 Å². The first kappa shape index (κ1) is 19.5. The first-order valence-corrected chi connectivity index (χ1v) is 9.65. The molecule has 2 bridgehead atoms. The topological polar surface area (TPSA) is 119 Å². The first-order chi connectivity index (χ1) is 12.4. The Morgan fingerprint density at radius 1 is 1.27 bits per heavy atom. The molecule has 26 heavy (non-hydrogen) atoms. The molecule has 4 N–H and O–H groups in total. The first-order valence-electron chi connectivity index (χ1n) is 9.65. The molecule has 1 saturated heterocycles. The number of carbonyl (C=O) groups excluding carboxylic acids is 2. The Labute approximate surface area is 153 Å². The molecular weight excluding hydrogens is 338 g/mol. The highest BCUT2D eigenvalue weighted by atomic mass is 16.6. The SMILES string of the molecule is CCCCCCC/C=C/C(=O)N[C@H]1C[C@@]2(O)C(=O)[C@H]([C@H](O)[C@@H]3O[C@H]32)[C@H]1O. The minimum Gasteiger partial charge on any atom is -0.390 e. The van der Waals surface area contributed by atoms with Gasteiger partial charge in [-0.1, -0.05) is 38.7 Å². The van der Waals surface area contributed by atoms with E-state index in [2.05, 4.69) is 12.2 Å². The molecule has 3 rings (SSSR count). The number of hydrogen-bond acceptors (Lipinski definition) is 6. The van der Waals surface area contributed by atoms with Crippen molar-refractivity contribution >= 4 is 11.7 Å². The Hall–Kier alpha value is -1.28. The van der Waals surface area contributed by atoms with Crippen LogP contribution in [0.5, 0.6) is 0 Å². The molecule has 0 aromatic carbocycles. The highest BCUT2D eigenvalue weighted by molar-refractivity contribution is 5.94. The van der Waals surface area contributed by atoms with Crippen molar-refractivity contribution in [2.24, 2.45) is 5.92 Å². The summed E-state index contributed by atoms with van der Waals surface area (Å²) < 4.78 is 5.24. The Balaban J connectivity index is 1.52. The summed E-state index contributed by atoms with van der Waals surface area (Å²) in [5.41, 5.74) is -1.74. The van der Waals surface area contributed by atoms with Gasteiger partial charge in [-0.05, 0) is 18.9 Å². The van der Waals surface area contributed by atoms with E-state index in [-0.39, 0.29) is 12.3 Å². The minimum atomic E-state index is -1.74. The molecule has 2 saturated carbocycles. The van der Waals surface area contributed by atoms with Crippen LogP contribution in [0.1, 0.15) is 51.9 Å². The van der Waals surface area contributed by atoms with Gasteiger partial charge in [0.05, 0.1) is 24.2 Å². The Morgan fingerprint density at radius 2 is 2.00 bits per heavy atom. The van der Waals surface area contributed by atoms with Gasteiger partial charge in [0, 0.05) is 6.42 Å². The van der Waals surface area contributed by atoms with Crippen molar-refractivity contribution in [1.29, 1.82) is 0 Å². The number of epoxide rings is 1. The summed E-state index contributed by atoms with van der Waals surface area (Å²) in [6, 6.07) is -0.802. The van der Waals surface area contributed by atoms with Crippen LogP contribution in [-0.4, -0.2) is 63.1 Å². The lowest BCUT2D eigenvalue weighted by Crippen LogP contribution is -2.69. The van der Waals surface area contributed by atoms with Crippen molar-refractivity contribution in [1.82, 2.24) is 5.32 Å². The van der Waals surface area contributed by atoms with Crippen LogP contribution in [0.3, 0.4) is 0 Å². The fraction of sp³-hybridized carbons (Fsp3) is 0.789. The third-order valence-corrected chi connectivity index (χ3v) is 5.81. The lowest BCUT2D eigenvalue weighted by atomic mass is 9.64. The van der Waals surface area contributed by atoms with Crippen molar-refractivity contribution in [3.63, 3.8) is 0 Å². The van der Waals surface area contributed by atoms with Gasteiger partial charge in [0.25, 0.3) is 0 Å². The standard InChI is InChI=1S/C19H29NO6/c1-2-3-4-5-6-7-8-9-12(21)20-11-10-19(25)17(24)13(14(11)22)15(23)16-18(19)26-16/h8-9,11,13-16,18,22-23,25H,2-7,10H2,1H3,(H,20,21)/b9-8+/t11-,13-,14-,15-,16-,18+,19+/m0/s1. The van der Waals surface area contributed by atoms with E-state index in [0.717, 1.165) is 19.3 Å². The summed E-state index contributed by atoms with van der Waals surface area (Å²) in [6.07, 6.45) is 5.97. The minimum absolute atomic E-state index is 0.103. The highest BCUT2D eigenvalue weighted by Crippen LogP contribution is 2.50. The number of unbranched alkanes of at least 4 members (excludes halogenated alkanes) is 5. The molecule has 3 aliphatic rings. The van der Waals surface area contributed by atoms with Crippen molar-refractivity contribution in [3.8, 4) is 0 Å². The number of ketones is 1. The molecule has 0 spiro atoms. The molecule has 0 radical (unpaired) electrons. The number of aliphatic hydroxyl groups is 3. The van der Waals surface area contributed by atoms with E-state index in [1.807, 2.05) is 0 Å². The molecule has 0 unspecified atom stereocenters. The number of rotatable bonds is 8. The summed E-state index contributed by atoms with van der Waals surface area (Å²) >= 11 is 0. The number of hydrogen-bond donors (Lipinski definition) is 4. The van der Waals surface area contributed by atoms with Gasteiger partial charge in [-0.25, -0.2) is 0 Å². The largest absolute Gasteiger partial charge is 0.390 e. The predicted molar refractivity (Wildman–Crippen MR) is 93.2 cm³/mol. The van der Waals surface area contributed by atoms with E-state index in [0.29, 0.717) is 0 Å². The number of ether oxygens (including phenoxy) is 1. The molecule has 1 heterocycles. The molecule has 1 amide bonds. The second-order valence-corrected chi connectivity index (χ2v) is 7.74. The molecule has 0 aromatic rings. The molecule has 7 nitrogen and oxygen atoms in total. The van der Waals surface area contributed by atoms with E-state index < -0.39 is 47.8 Å². The molecule has 2 aliphatic carbocycles. The molecule has 1 aliphatic heterocycles. The van der Waals surface area contributed by atoms with Gasteiger partial charge in [-0.2, -0.15) is 0 Å². The number of amides is 1. The van der Waals surface area contributed by atoms with Gasteiger partial charge >= 0.3 is 0 Å². The van der Waals surface area contributed by atoms with Crippen LogP contribution < -0.4 is 5.32 Å². The second kappa shape index (κ2) is 7.76. The monoisotopic (exact) mass is 367 g/mol. The quantitative estimate of drug-likeness (QED) is 0.277. The fourth-order valence-electron chi connectivity index (χ4n) is 4.26. The van der Waals surface area contributed by atoms with Crippen molar-refractivity contribution in [3.05, 3.63) is 12.2 Å². The summed E-state index contributed by atoms with van der Waals surface area (Å²) in [7, 11) is 0. The maximum atomic E-state index is 12.4. The molecule has 3 fully saturated rings. The maximum absolute atomic E-state index is 12.4. The van der Waals surface area contributed by atoms with E-state index >= 15 is 0 Å². The number of aliphatic hydroxyl groups excluding tert-OH is 2. The average Bonchev–Trinajstić information content (AvgIpc) is 3.40. The van der Waals surface area contributed by atoms with Crippen molar-refractivity contribution in [2.75, 3.05) is 0 Å². The highest BCUT2D eigenvalue weighted by Gasteiger charge is 2.72. The zero-order valence-corrected chi connectivity index (χ0v) is 15.1. The summed E-state index contributed by atoms with van der Waals surface area (Å²) in [6.45, 7) is 2.16. The van der Waals surface area contributed by atoms with E-state index in [1.165, 1.54) is 25.3 Å². The zero-order valence-electron chi connectivity index (χ0n) is 15.1. The Kier molecular flexibility index (Phi) is 5.81. The van der Waals surface area contributed by atoms with Gasteiger partial charge in [0.2, 0.25) is 5.91 Å². The summed E-state index contributed by atoms with van der Waals surface area (Å²) in [4.78, 5) is 24.5. The average molecular weight is 367 g/mol. The molecule has 7 atom stereocenters. The van der Waals surface area contributed by atoms with Crippen LogP contribution >= 0.6 is 0 Å². The van der Waals surface area contributed by atoms with Crippen molar-refractivity contribution < 1.29 is 29.6 Å². The molecular formula is C19H29NO6. The van der Waals surface area contributed by atoms with E-state index in [1.54, 1.807) is 6.08 Å². The molecule has 7 heteroatoms. The number of Topliss-reactive ketones (excluding diaryl/α,β-unsaturated/α-hetero) is 1. The zero-order chi connectivity index (χ0) is 18.9. The number of carbonyl (C=O) groups is 2. The van der Waals surface area contributed by atoms with Crippen LogP contribution in [0.4, 0.5) is 0 Å². The van der Waals surface area contributed by atoms with E-state index in [9.17, 15) is 24.9 Å². The number of nitrogens with one attached hydrogen (secondary N) is 1. The van der Waals surface area contributed by atoms with E-state index in [4.69, 9.17) is 4.74 Å². The third kappa shape index (κ3) is 3.58. The summed E-state index contributed by atoms with van der Waals surface area (Å²) in [5.74, 6) is -2.10. The maximum Gasteiger partial charge on any atom is 0.243 e. The van der Waals surface area contributed by atoms with Crippen LogP contribution in [0.2, 0.25) is 0 Å². The summed E-state index contributed by atoms with van der Waals surface area (Å²) in [5, 5.41) is 33.9. The number of allylic oxidation sites excluding steroid dienone is 1. The van der Waals surface area contributed by atoms with Crippen LogP contribution in [0.25, 0.3) is 0 Å².